The molecule has 3 heterocycles. The standard InChI is InChI=1S/C57H45N5/c1-56(2)31-32-57(3,4)47-35-52-45(34-46(47)56)42-24-14-16-26-49(42)62(52)50-30-29-44(39-21-11-12-22-40(39)50)55-59-53(36-17-7-5-8-18-36)58-54(60-55)37-27-28-43-41-23-13-15-25-48(41)61(51(43)33-37)38-19-9-6-10-20-38/h5-30,33-35H,31-32H2,1-4H3. The van der Waals surface area contributed by atoms with Crippen LogP contribution in [-0.2, 0) is 10.8 Å². The minimum absolute atomic E-state index is 0.0851. The van der Waals surface area contributed by atoms with Crippen LogP contribution in [0.5, 0.6) is 0 Å². The Kier molecular flexibility index (Phi) is 7.98. The zero-order valence-corrected chi connectivity index (χ0v) is 35.4. The molecule has 0 aliphatic heterocycles. The molecule has 11 aromatic rings. The first-order chi connectivity index (χ1) is 30.2. The van der Waals surface area contributed by atoms with E-state index in [-0.39, 0.29) is 10.8 Å². The van der Waals surface area contributed by atoms with Gasteiger partial charge in [-0.15, -0.1) is 0 Å². The van der Waals surface area contributed by atoms with Gasteiger partial charge >= 0.3 is 0 Å². The van der Waals surface area contributed by atoms with Gasteiger partial charge in [-0.2, -0.15) is 0 Å². The Morgan fingerprint density at radius 2 is 0.887 bits per heavy atom. The summed E-state index contributed by atoms with van der Waals surface area (Å²) in [6.45, 7) is 9.66. The first kappa shape index (κ1) is 36.5. The van der Waals surface area contributed by atoms with Crippen molar-refractivity contribution in [2.75, 3.05) is 0 Å². The van der Waals surface area contributed by atoms with Crippen molar-refractivity contribution in [1.29, 1.82) is 0 Å². The van der Waals surface area contributed by atoms with Crippen LogP contribution in [0.3, 0.4) is 0 Å². The maximum atomic E-state index is 5.34. The highest BCUT2D eigenvalue weighted by Crippen LogP contribution is 2.49. The zero-order chi connectivity index (χ0) is 41.7. The minimum atomic E-state index is 0.0851. The fourth-order valence-electron chi connectivity index (χ4n) is 10.3. The molecule has 0 saturated heterocycles. The second-order valence-electron chi connectivity index (χ2n) is 18.3. The third kappa shape index (κ3) is 5.58. The Bertz CT molecular complexity index is 3570. The summed E-state index contributed by atoms with van der Waals surface area (Å²) in [7, 11) is 0. The molecule has 0 amide bonds. The fourth-order valence-corrected chi connectivity index (χ4v) is 10.3. The molecule has 1 aliphatic rings. The summed E-state index contributed by atoms with van der Waals surface area (Å²) < 4.78 is 4.83. The van der Waals surface area contributed by atoms with Gasteiger partial charge < -0.3 is 9.13 Å². The van der Waals surface area contributed by atoms with Crippen molar-refractivity contribution in [1.82, 2.24) is 24.1 Å². The molecule has 12 rings (SSSR count). The Hall–Kier alpha value is -7.37. The molecule has 298 valence electrons. The van der Waals surface area contributed by atoms with Gasteiger partial charge in [0.1, 0.15) is 0 Å². The Morgan fingerprint density at radius 3 is 1.60 bits per heavy atom. The van der Waals surface area contributed by atoms with Crippen molar-refractivity contribution in [3.05, 3.63) is 187 Å². The van der Waals surface area contributed by atoms with Gasteiger partial charge in [0.05, 0.1) is 27.8 Å². The normalized spacial score (nSPS) is 14.6. The molecular weight excluding hydrogens is 755 g/mol. The lowest BCUT2D eigenvalue weighted by Crippen LogP contribution is -2.33. The van der Waals surface area contributed by atoms with Crippen LogP contribution in [0.1, 0.15) is 51.7 Å². The summed E-state index contributed by atoms with van der Waals surface area (Å²) in [6.07, 6.45) is 2.35. The van der Waals surface area contributed by atoms with E-state index in [0.29, 0.717) is 17.5 Å². The van der Waals surface area contributed by atoms with Crippen LogP contribution in [0.25, 0.3) is 99.9 Å². The summed E-state index contributed by atoms with van der Waals surface area (Å²) in [5.74, 6) is 1.91. The van der Waals surface area contributed by atoms with Gasteiger partial charge in [-0.05, 0) is 94.8 Å². The average molecular weight is 800 g/mol. The predicted octanol–water partition coefficient (Wildman–Crippen LogP) is 14.6. The predicted molar refractivity (Wildman–Crippen MR) is 258 cm³/mol. The maximum Gasteiger partial charge on any atom is 0.164 e. The zero-order valence-electron chi connectivity index (χ0n) is 35.4. The summed E-state index contributed by atoms with van der Waals surface area (Å²) in [4.78, 5) is 15.8. The van der Waals surface area contributed by atoms with Gasteiger partial charge in [0, 0.05) is 49.3 Å². The van der Waals surface area contributed by atoms with Crippen LogP contribution in [0.2, 0.25) is 0 Å². The molecule has 0 saturated carbocycles. The largest absolute Gasteiger partial charge is 0.309 e. The van der Waals surface area contributed by atoms with Crippen LogP contribution in [0.4, 0.5) is 0 Å². The number of para-hydroxylation sites is 3. The lowest BCUT2D eigenvalue weighted by molar-refractivity contribution is 0.332. The second-order valence-corrected chi connectivity index (χ2v) is 18.3. The summed E-state index contributed by atoms with van der Waals surface area (Å²) in [5.41, 5.74) is 12.9. The van der Waals surface area contributed by atoms with E-state index in [2.05, 4.69) is 195 Å². The molecular formula is C57H45N5. The second kappa shape index (κ2) is 13.6. The van der Waals surface area contributed by atoms with E-state index in [4.69, 9.17) is 15.0 Å². The van der Waals surface area contributed by atoms with Crippen molar-refractivity contribution < 1.29 is 0 Å². The van der Waals surface area contributed by atoms with Gasteiger partial charge in [-0.1, -0.05) is 149 Å². The van der Waals surface area contributed by atoms with Crippen LogP contribution in [-0.4, -0.2) is 24.1 Å². The van der Waals surface area contributed by atoms with E-state index in [1.807, 2.05) is 18.2 Å². The number of fused-ring (bicyclic) bond motifs is 8. The fraction of sp³-hybridized carbons (Fsp3) is 0.140. The molecule has 8 aromatic carbocycles. The smallest absolute Gasteiger partial charge is 0.164 e. The maximum absolute atomic E-state index is 5.34. The van der Waals surface area contributed by atoms with Crippen LogP contribution >= 0.6 is 0 Å². The van der Waals surface area contributed by atoms with E-state index >= 15 is 0 Å². The highest BCUT2D eigenvalue weighted by molar-refractivity contribution is 6.12. The molecule has 0 fully saturated rings. The molecule has 0 radical (unpaired) electrons. The van der Waals surface area contributed by atoms with Crippen LogP contribution in [0.15, 0.2) is 176 Å². The van der Waals surface area contributed by atoms with E-state index in [1.54, 1.807) is 0 Å². The molecule has 3 aromatic heterocycles. The van der Waals surface area contributed by atoms with Gasteiger partial charge in [0.2, 0.25) is 0 Å². The lowest BCUT2D eigenvalue weighted by atomic mass is 9.63. The first-order valence-electron chi connectivity index (χ1n) is 21.7. The number of aromatic nitrogens is 5. The van der Waals surface area contributed by atoms with Crippen molar-refractivity contribution >= 4 is 54.4 Å². The quantitative estimate of drug-likeness (QED) is 0.174. The molecule has 5 heteroatoms. The molecule has 5 nitrogen and oxygen atoms in total. The summed E-state index contributed by atoms with van der Waals surface area (Å²) in [5, 5.41) is 7.20. The van der Waals surface area contributed by atoms with E-state index in [1.165, 1.54) is 56.5 Å². The van der Waals surface area contributed by atoms with Crippen molar-refractivity contribution in [3.63, 3.8) is 0 Å². The number of rotatable bonds is 5. The van der Waals surface area contributed by atoms with E-state index in [0.717, 1.165) is 49.9 Å². The highest BCUT2D eigenvalue weighted by Gasteiger charge is 2.38. The topological polar surface area (TPSA) is 48.5 Å². The molecule has 62 heavy (non-hydrogen) atoms. The summed E-state index contributed by atoms with van der Waals surface area (Å²) in [6, 6.07) is 63.2. The van der Waals surface area contributed by atoms with Gasteiger partial charge in [-0.3, -0.25) is 0 Å². The van der Waals surface area contributed by atoms with Crippen molar-refractivity contribution in [2.24, 2.45) is 0 Å². The number of nitrogens with zero attached hydrogens (tertiary/aromatic N) is 5. The molecule has 0 unspecified atom stereocenters. The number of hydrogen-bond acceptors (Lipinski definition) is 3. The Labute approximate surface area is 361 Å². The molecule has 0 bridgehead atoms. The van der Waals surface area contributed by atoms with Crippen molar-refractivity contribution in [2.45, 2.75) is 51.4 Å². The van der Waals surface area contributed by atoms with Gasteiger partial charge in [0.25, 0.3) is 0 Å². The number of hydrogen-bond donors (Lipinski definition) is 0. The Morgan fingerprint density at radius 1 is 0.371 bits per heavy atom. The first-order valence-corrected chi connectivity index (χ1v) is 21.7. The van der Waals surface area contributed by atoms with Gasteiger partial charge in [-0.25, -0.2) is 15.0 Å². The van der Waals surface area contributed by atoms with E-state index < -0.39 is 0 Å². The molecule has 0 spiro atoms. The van der Waals surface area contributed by atoms with Crippen molar-refractivity contribution in [3.8, 4) is 45.5 Å². The molecule has 1 aliphatic carbocycles. The lowest BCUT2D eigenvalue weighted by Gasteiger charge is -2.42. The Balaban J connectivity index is 1.08. The SMILES string of the molecule is CC1(C)CCC(C)(C)c2cc3c(cc21)c1ccccc1n3-c1ccc(-c2nc(-c3ccccc3)nc(-c3ccc4c5ccccc5n(-c5ccccc5)c4c3)n2)c2ccccc12. The third-order valence-electron chi connectivity index (χ3n) is 13.6. The minimum Gasteiger partial charge on any atom is -0.309 e. The third-order valence-corrected chi connectivity index (χ3v) is 13.6. The molecule has 0 atom stereocenters. The number of benzene rings is 8. The highest BCUT2D eigenvalue weighted by atomic mass is 15.0. The summed E-state index contributed by atoms with van der Waals surface area (Å²) >= 11 is 0. The van der Waals surface area contributed by atoms with Crippen LogP contribution in [0, 0.1) is 0 Å². The van der Waals surface area contributed by atoms with Gasteiger partial charge in [0.15, 0.2) is 17.5 Å². The van der Waals surface area contributed by atoms with E-state index in [9.17, 15) is 0 Å². The monoisotopic (exact) mass is 799 g/mol. The van der Waals surface area contributed by atoms with Crippen LogP contribution < -0.4 is 0 Å². The molecule has 0 N–H and O–H groups in total. The average Bonchev–Trinajstić information content (AvgIpc) is 3.82.